The minimum absolute atomic E-state index is 0.0479. The van der Waals surface area contributed by atoms with E-state index in [1.165, 1.54) is 7.11 Å². The van der Waals surface area contributed by atoms with Crippen LogP contribution in [0, 0.1) is 5.82 Å². The van der Waals surface area contributed by atoms with Crippen molar-refractivity contribution in [3.05, 3.63) is 59.4 Å². The molecule has 0 spiro atoms. The number of rotatable bonds is 6. The fourth-order valence-corrected chi connectivity index (χ4v) is 2.25. The predicted octanol–water partition coefficient (Wildman–Crippen LogP) is 3.69. The molecule has 0 fully saturated rings. The maximum Gasteiger partial charge on any atom is 0.169 e. The largest absolute Gasteiger partial charge is 0.496 e. The van der Waals surface area contributed by atoms with Gasteiger partial charge in [-0.15, -0.1) is 0 Å². The summed E-state index contributed by atoms with van der Waals surface area (Å²) >= 11 is 0. The molecule has 0 radical (unpaired) electrons. The van der Waals surface area contributed by atoms with Crippen LogP contribution < -0.4 is 14.8 Å². The molecule has 0 aliphatic carbocycles. The highest BCUT2D eigenvalue weighted by Gasteiger charge is 2.12. The van der Waals surface area contributed by atoms with Crippen LogP contribution >= 0.6 is 0 Å². The normalized spacial score (nSPS) is 12.0. The molecule has 21 heavy (non-hydrogen) atoms. The molecule has 0 aromatic heterocycles. The van der Waals surface area contributed by atoms with E-state index in [1.54, 1.807) is 25.3 Å². The van der Waals surface area contributed by atoms with E-state index in [-0.39, 0.29) is 17.6 Å². The fourth-order valence-electron chi connectivity index (χ4n) is 2.25. The predicted molar refractivity (Wildman–Crippen MR) is 81.2 cm³/mol. The molecular weight excluding hydrogens is 269 g/mol. The van der Waals surface area contributed by atoms with Crippen molar-refractivity contribution in [1.29, 1.82) is 0 Å². The molecule has 2 aromatic carbocycles. The van der Waals surface area contributed by atoms with Gasteiger partial charge < -0.3 is 14.8 Å². The summed E-state index contributed by atoms with van der Waals surface area (Å²) in [4.78, 5) is 0. The van der Waals surface area contributed by atoms with Crippen LogP contribution in [0.3, 0.4) is 0 Å². The average Bonchev–Trinajstić information content (AvgIpc) is 2.53. The summed E-state index contributed by atoms with van der Waals surface area (Å²) < 4.78 is 24.4. The third-order valence-electron chi connectivity index (χ3n) is 3.47. The van der Waals surface area contributed by atoms with E-state index >= 15 is 0 Å². The lowest BCUT2D eigenvalue weighted by molar-refractivity contribution is 0.381. The van der Waals surface area contributed by atoms with E-state index in [2.05, 4.69) is 5.32 Å². The quantitative estimate of drug-likeness (QED) is 0.879. The number of para-hydroxylation sites is 1. The molecule has 0 heterocycles. The minimum Gasteiger partial charge on any atom is -0.496 e. The molecule has 0 bridgehead atoms. The molecule has 1 N–H and O–H groups in total. The van der Waals surface area contributed by atoms with Crippen LogP contribution in [0.1, 0.15) is 24.1 Å². The van der Waals surface area contributed by atoms with Gasteiger partial charge in [0.1, 0.15) is 5.75 Å². The van der Waals surface area contributed by atoms with Gasteiger partial charge in [-0.25, -0.2) is 4.39 Å². The summed E-state index contributed by atoms with van der Waals surface area (Å²) in [5.41, 5.74) is 1.62. The lowest BCUT2D eigenvalue weighted by Crippen LogP contribution is -2.19. The number of nitrogens with one attached hydrogen (secondary N) is 1. The topological polar surface area (TPSA) is 30.5 Å². The highest BCUT2D eigenvalue weighted by Crippen LogP contribution is 2.25. The van der Waals surface area contributed by atoms with Crippen LogP contribution in [0.4, 0.5) is 4.39 Å². The molecule has 0 amide bonds. The average molecular weight is 289 g/mol. The van der Waals surface area contributed by atoms with Gasteiger partial charge in [-0.2, -0.15) is 0 Å². The van der Waals surface area contributed by atoms with Gasteiger partial charge in [0, 0.05) is 23.7 Å². The molecule has 0 saturated carbocycles. The molecular formula is C17H20FNO2. The lowest BCUT2D eigenvalue weighted by Gasteiger charge is -2.17. The van der Waals surface area contributed by atoms with Crippen LogP contribution in [0.2, 0.25) is 0 Å². The highest BCUT2D eigenvalue weighted by molar-refractivity contribution is 5.36. The summed E-state index contributed by atoms with van der Waals surface area (Å²) in [7, 11) is 3.11. The fraction of sp³-hybridized carbons (Fsp3) is 0.294. The van der Waals surface area contributed by atoms with Crippen molar-refractivity contribution in [3.8, 4) is 11.5 Å². The summed E-state index contributed by atoms with van der Waals surface area (Å²) in [6.07, 6.45) is 0. The Bertz CT molecular complexity index is 601. The van der Waals surface area contributed by atoms with Crippen molar-refractivity contribution in [2.45, 2.75) is 19.5 Å². The first-order valence-corrected chi connectivity index (χ1v) is 6.85. The number of hydrogen-bond donors (Lipinski definition) is 1. The zero-order chi connectivity index (χ0) is 15.2. The molecule has 112 valence electrons. The van der Waals surface area contributed by atoms with Gasteiger partial charge in [-0.3, -0.25) is 0 Å². The van der Waals surface area contributed by atoms with E-state index in [4.69, 9.17) is 9.47 Å². The number of methoxy groups -OCH3 is 2. The first-order chi connectivity index (χ1) is 10.2. The number of hydrogen-bond acceptors (Lipinski definition) is 3. The number of benzene rings is 2. The van der Waals surface area contributed by atoms with Crippen molar-refractivity contribution >= 4 is 0 Å². The van der Waals surface area contributed by atoms with Gasteiger partial charge in [0.25, 0.3) is 0 Å². The van der Waals surface area contributed by atoms with Crippen LogP contribution in [0.5, 0.6) is 11.5 Å². The van der Waals surface area contributed by atoms with Crippen molar-refractivity contribution in [3.63, 3.8) is 0 Å². The van der Waals surface area contributed by atoms with Gasteiger partial charge in [0.05, 0.1) is 14.2 Å². The minimum atomic E-state index is -0.320. The van der Waals surface area contributed by atoms with Crippen LogP contribution in [-0.2, 0) is 6.54 Å². The second-order valence-electron chi connectivity index (χ2n) is 4.78. The van der Waals surface area contributed by atoms with Crippen molar-refractivity contribution in [2.75, 3.05) is 14.2 Å². The van der Waals surface area contributed by atoms with Gasteiger partial charge >= 0.3 is 0 Å². The SMILES string of the molecule is COc1ccccc1[C@H](C)NCc1cccc(OC)c1F. The molecule has 0 aliphatic rings. The van der Waals surface area contributed by atoms with Crippen LogP contribution in [0.25, 0.3) is 0 Å². The Kier molecular flexibility index (Phi) is 5.17. The Balaban J connectivity index is 2.09. The Morgan fingerprint density at radius 3 is 2.38 bits per heavy atom. The summed E-state index contributed by atoms with van der Waals surface area (Å²) in [6, 6.07) is 13.0. The van der Waals surface area contributed by atoms with Crippen molar-refractivity contribution in [1.82, 2.24) is 5.32 Å². The van der Waals surface area contributed by atoms with Crippen molar-refractivity contribution in [2.24, 2.45) is 0 Å². The highest BCUT2D eigenvalue weighted by atomic mass is 19.1. The van der Waals surface area contributed by atoms with E-state index in [9.17, 15) is 4.39 Å². The molecule has 0 saturated heterocycles. The molecule has 1 atom stereocenters. The third kappa shape index (κ3) is 3.52. The standard InChI is InChI=1S/C17H20FNO2/c1-12(14-8-4-5-9-15(14)20-2)19-11-13-7-6-10-16(21-3)17(13)18/h4-10,12,19H,11H2,1-3H3/t12-/m0/s1. The zero-order valence-corrected chi connectivity index (χ0v) is 12.5. The van der Waals surface area contributed by atoms with Gasteiger partial charge in [0.15, 0.2) is 11.6 Å². The molecule has 0 unspecified atom stereocenters. The monoisotopic (exact) mass is 289 g/mol. The third-order valence-corrected chi connectivity index (χ3v) is 3.47. The second-order valence-corrected chi connectivity index (χ2v) is 4.78. The van der Waals surface area contributed by atoms with E-state index < -0.39 is 0 Å². The van der Waals surface area contributed by atoms with Crippen molar-refractivity contribution < 1.29 is 13.9 Å². The number of halogens is 1. The van der Waals surface area contributed by atoms with E-state index in [0.29, 0.717) is 12.1 Å². The lowest BCUT2D eigenvalue weighted by atomic mass is 10.1. The first kappa shape index (κ1) is 15.3. The summed E-state index contributed by atoms with van der Waals surface area (Å²) in [6.45, 7) is 2.44. The van der Waals surface area contributed by atoms with Gasteiger partial charge in [0.2, 0.25) is 0 Å². The van der Waals surface area contributed by atoms with E-state index in [1.807, 2.05) is 31.2 Å². The second kappa shape index (κ2) is 7.09. The smallest absolute Gasteiger partial charge is 0.169 e. The van der Waals surface area contributed by atoms with Crippen LogP contribution in [0.15, 0.2) is 42.5 Å². The first-order valence-electron chi connectivity index (χ1n) is 6.85. The van der Waals surface area contributed by atoms with Gasteiger partial charge in [-0.1, -0.05) is 30.3 Å². The molecule has 4 heteroatoms. The Hall–Kier alpha value is -2.07. The molecule has 3 nitrogen and oxygen atoms in total. The van der Waals surface area contributed by atoms with Crippen LogP contribution in [-0.4, -0.2) is 14.2 Å². The molecule has 0 aliphatic heterocycles. The zero-order valence-electron chi connectivity index (χ0n) is 12.5. The Morgan fingerprint density at radius 1 is 1.00 bits per heavy atom. The molecule has 2 aromatic rings. The summed E-state index contributed by atoms with van der Waals surface area (Å²) in [5, 5.41) is 3.31. The maximum atomic E-state index is 14.1. The Labute approximate surface area is 124 Å². The van der Waals surface area contributed by atoms with Gasteiger partial charge in [-0.05, 0) is 19.1 Å². The van der Waals surface area contributed by atoms with E-state index in [0.717, 1.165) is 11.3 Å². The Morgan fingerprint density at radius 2 is 1.67 bits per heavy atom. The maximum absolute atomic E-state index is 14.1. The summed E-state index contributed by atoms with van der Waals surface area (Å²) in [5.74, 6) is 0.766. The number of ether oxygens (including phenoxy) is 2. The molecule has 2 rings (SSSR count).